The van der Waals surface area contributed by atoms with Gasteiger partial charge in [0.2, 0.25) is 5.88 Å². The van der Waals surface area contributed by atoms with E-state index in [0.717, 1.165) is 30.4 Å². The Morgan fingerprint density at radius 3 is 2.81 bits per heavy atom. The number of aryl methyl sites for hydroxylation is 1. The number of carbonyl (C=O) groups is 1. The van der Waals surface area contributed by atoms with Crippen molar-refractivity contribution in [3.63, 3.8) is 0 Å². The van der Waals surface area contributed by atoms with Gasteiger partial charge in [-0.05, 0) is 31.6 Å². The van der Waals surface area contributed by atoms with Crippen LogP contribution in [0.25, 0.3) is 0 Å². The standard InChI is InChI=1S/C18H26ClN5O2S/c1-5-26-15-9-8-13(19)16(21-15)17(25)20-10-6-7-14-22-23-18(27-4)24(14)11-12(2)3/h8-9,12H,5-7,10-11H2,1-4H3,(H,20,25). The molecule has 1 N–H and O–H groups in total. The SMILES string of the molecule is CCOc1ccc(Cl)c(C(=O)NCCCc2nnc(SC)n2CC(C)C)n1. The van der Waals surface area contributed by atoms with Gasteiger partial charge in [-0.1, -0.05) is 37.2 Å². The van der Waals surface area contributed by atoms with Crippen molar-refractivity contribution in [2.45, 2.75) is 45.3 Å². The Morgan fingerprint density at radius 2 is 2.15 bits per heavy atom. The zero-order valence-corrected chi connectivity index (χ0v) is 17.7. The molecule has 0 saturated carbocycles. The molecule has 148 valence electrons. The summed E-state index contributed by atoms with van der Waals surface area (Å²) in [7, 11) is 0. The molecule has 2 rings (SSSR count). The highest BCUT2D eigenvalue weighted by atomic mass is 35.5. The topological polar surface area (TPSA) is 81.9 Å². The van der Waals surface area contributed by atoms with Crippen molar-refractivity contribution in [2.24, 2.45) is 5.92 Å². The summed E-state index contributed by atoms with van der Waals surface area (Å²) in [5.74, 6) is 1.53. The van der Waals surface area contributed by atoms with Crippen molar-refractivity contribution in [2.75, 3.05) is 19.4 Å². The van der Waals surface area contributed by atoms with Gasteiger partial charge in [0.05, 0.1) is 11.6 Å². The highest BCUT2D eigenvalue weighted by Gasteiger charge is 2.15. The molecule has 0 spiro atoms. The minimum absolute atomic E-state index is 0.176. The van der Waals surface area contributed by atoms with Crippen LogP contribution in [0.5, 0.6) is 5.88 Å². The fraction of sp³-hybridized carbons (Fsp3) is 0.556. The summed E-state index contributed by atoms with van der Waals surface area (Å²) in [5.41, 5.74) is 0.176. The van der Waals surface area contributed by atoms with E-state index in [1.807, 2.05) is 13.2 Å². The van der Waals surface area contributed by atoms with E-state index in [1.165, 1.54) is 0 Å². The number of amides is 1. The summed E-state index contributed by atoms with van der Waals surface area (Å²) in [6, 6.07) is 3.26. The Labute approximate surface area is 169 Å². The molecule has 0 fully saturated rings. The molecule has 0 aliphatic rings. The first-order chi connectivity index (χ1) is 13.0. The normalized spacial score (nSPS) is 11.0. The molecule has 2 heterocycles. The van der Waals surface area contributed by atoms with Crippen LogP contribution in [0.4, 0.5) is 0 Å². The molecule has 0 radical (unpaired) electrons. The molecule has 0 bridgehead atoms. The first kappa shape index (κ1) is 21.5. The zero-order chi connectivity index (χ0) is 19.8. The van der Waals surface area contributed by atoms with Crippen molar-refractivity contribution < 1.29 is 9.53 Å². The number of thioether (sulfide) groups is 1. The number of ether oxygens (including phenoxy) is 1. The number of hydrogen-bond donors (Lipinski definition) is 1. The van der Waals surface area contributed by atoms with Gasteiger partial charge in [0, 0.05) is 25.6 Å². The Kier molecular flexibility index (Phi) is 8.37. The quantitative estimate of drug-likeness (QED) is 0.476. The summed E-state index contributed by atoms with van der Waals surface area (Å²) in [4.78, 5) is 16.5. The molecule has 9 heteroatoms. The minimum Gasteiger partial charge on any atom is -0.478 e. The van der Waals surface area contributed by atoms with Crippen LogP contribution in [0.3, 0.4) is 0 Å². The molecule has 1 amide bonds. The van der Waals surface area contributed by atoms with Gasteiger partial charge in [-0.2, -0.15) is 0 Å². The molecule has 0 aromatic carbocycles. The summed E-state index contributed by atoms with van der Waals surface area (Å²) in [6.07, 6.45) is 3.48. The van der Waals surface area contributed by atoms with Crippen LogP contribution in [0.2, 0.25) is 5.02 Å². The van der Waals surface area contributed by atoms with Crippen molar-refractivity contribution in [3.05, 3.63) is 28.7 Å². The third kappa shape index (κ3) is 6.10. The average molecular weight is 412 g/mol. The molecule has 0 aliphatic heterocycles. The van der Waals surface area contributed by atoms with Gasteiger partial charge in [0.25, 0.3) is 5.91 Å². The van der Waals surface area contributed by atoms with Crippen molar-refractivity contribution in [1.29, 1.82) is 0 Å². The van der Waals surface area contributed by atoms with Gasteiger partial charge in [0.1, 0.15) is 5.82 Å². The fourth-order valence-corrected chi connectivity index (χ4v) is 3.26. The third-order valence-electron chi connectivity index (χ3n) is 3.71. The number of aromatic nitrogens is 4. The van der Waals surface area contributed by atoms with Crippen LogP contribution in [-0.2, 0) is 13.0 Å². The monoisotopic (exact) mass is 411 g/mol. The predicted molar refractivity (Wildman–Crippen MR) is 108 cm³/mol. The molecule has 0 aliphatic carbocycles. The Bertz CT molecular complexity index is 766. The van der Waals surface area contributed by atoms with Crippen molar-refractivity contribution in [3.8, 4) is 5.88 Å². The van der Waals surface area contributed by atoms with Gasteiger partial charge in [-0.25, -0.2) is 4.98 Å². The maximum atomic E-state index is 12.3. The highest BCUT2D eigenvalue weighted by molar-refractivity contribution is 7.98. The van der Waals surface area contributed by atoms with Crippen LogP contribution in [0.15, 0.2) is 17.3 Å². The lowest BCUT2D eigenvalue weighted by atomic mass is 10.2. The first-order valence-electron chi connectivity index (χ1n) is 8.99. The second kappa shape index (κ2) is 10.5. The highest BCUT2D eigenvalue weighted by Crippen LogP contribution is 2.19. The Morgan fingerprint density at radius 1 is 1.37 bits per heavy atom. The molecular weight excluding hydrogens is 386 g/mol. The summed E-state index contributed by atoms with van der Waals surface area (Å²) in [6.45, 7) is 8.05. The number of pyridine rings is 1. The lowest BCUT2D eigenvalue weighted by Gasteiger charge is -2.12. The van der Waals surface area contributed by atoms with E-state index in [9.17, 15) is 4.79 Å². The minimum atomic E-state index is -0.310. The summed E-state index contributed by atoms with van der Waals surface area (Å²) in [5, 5.41) is 12.6. The Hall–Kier alpha value is -1.80. The lowest BCUT2D eigenvalue weighted by molar-refractivity contribution is 0.0947. The second-order valence-electron chi connectivity index (χ2n) is 6.38. The molecule has 0 unspecified atom stereocenters. The predicted octanol–water partition coefficient (Wildman–Crippen LogP) is 3.47. The smallest absolute Gasteiger partial charge is 0.271 e. The van der Waals surface area contributed by atoms with Crippen molar-refractivity contribution in [1.82, 2.24) is 25.1 Å². The molecule has 0 saturated heterocycles. The Balaban J connectivity index is 1.91. The first-order valence-corrected chi connectivity index (χ1v) is 10.6. The van der Waals surface area contributed by atoms with Crippen LogP contribution < -0.4 is 10.1 Å². The number of nitrogens with one attached hydrogen (secondary N) is 1. The average Bonchev–Trinajstić information content (AvgIpc) is 3.01. The van der Waals surface area contributed by atoms with Crippen LogP contribution in [-0.4, -0.2) is 45.1 Å². The van der Waals surface area contributed by atoms with Crippen LogP contribution in [0.1, 0.15) is 43.5 Å². The molecule has 2 aromatic heterocycles. The summed E-state index contributed by atoms with van der Waals surface area (Å²) < 4.78 is 7.48. The van der Waals surface area contributed by atoms with Gasteiger partial charge in [-0.3, -0.25) is 4.79 Å². The number of carbonyl (C=O) groups excluding carboxylic acids is 1. The maximum absolute atomic E-state index is 12.3. The molecule has 0 atom stereocenters. The van der Waals surface area contributed by atoms with E-state index in [0.29, 0.717) is 30.0 Å². The van der Waals surface area contributed by atoms with E-state index in [2.05, 4.69) is 38.9 Å². The molecule has 2 aromatic rings. The molecular formula is C18H26ClN5O2S. The lowest BCUT2D eigenvalue weighted by Crippen LogP contribution is -2.26. The van der Waals surface area contributed by atoms with Crippen LogP contribution in [0, 0.1) is 5.92 Å². The van der Waals surface area contributed by atoms with E-state index in [-0.39, 0.29) is 11.6 Å². The van der Waals surface area contributed by atoms with E-state index in [1.54, 1.807) is 23.9 Å². The van der Waals surface area contributed by atoms with E-state index >= 15 is 0 Å². The number of nitrogens with zero attached hydrogens (tertiary/aromatic N) is 4. The van der Waals surface area contributed by atoms with Crippen LogP contribution >= 0.6 is 23.4 Å². The van der Waals surface area contributed by atoms with Gasteiger partial charge >= 0.3 is 0 Å². The second-order valence-corrected chi connectivity index (χ2v) is 7.56. The van der Waals surface area contributed by atoms with Gasteiger partial charge in [0.15, 0.2) is 10.9 Å². The molecule has 27 heavy (non-hydrogen) atoms. The molecule has 7 nitrogen and oxygen atoms in total. The van der Waals surface area contributed by atoms with Crippen molar-refractivity contribution >= 4 is 29.3 Å². The maximum Gasteiger partial charge on any atom is 0.271 e. The van der Waals surface area contributed by atoms with Gasteiger partial charge in [-0.15, -0.1) is 10.2 Å². The number of hydrogen-bond acceptors (Lipinski definition) is 6. The summed E-state index contributed by atoms with van der Waals surface area (Å²) >= 11 is 7.68. The third-order valence-corrected chi connectivity index (χ3v) is 4.69. The zero-order valence-electron chi connectivity index (χ0n) is 16.2. The van der Waals surface area contributed by atoms with Gasteiger partial charge < -0.3 is 14.6 Å². The fourth-order valence-electron chi connectivity index (χ4n) is 2.55. The van der Waals surface area contributed by atoms with E-state index < -0.39 is 0 Å². The number of halogens is 1. The van der Waals surface area contributed by atoms with E-state index in [4.69, 9.17) is 16.3 Å². The largest absolute Gasteiger partial charge is 0.478 e. The number of rotatable bonds is 10.